The SMILES string of the molecule is CC(C)CNCCCCCCOC1CCN(S(=O)(=O)Nc2ccccc2)CC1. The van der Waals surface area contributed by atoms with Crippen LogP contribution in [-0.4, -0.2) is 51.6 Å². The largest absolute Gasteiger partial charge is 0.378 e. The number of piperidine rings is 1. The molecule has 0 saturated carbocycles. The second kappa shape index (κ2) is 12.4. The standard InChI is InChI=1S/C21H37N3O3S/c1-19(2)18-22-14-8-3-4-9-17-27-21-12-15-24(16-13-21)28(25,26)23-20-10-6-5-7-11-20/h5-7,10-11,19,21-23H,3-4,8-9,12-18H2,1-2H3. The molecule has 1 aromatic carbocycles. The molecule has 6 nitrogen and oxygen atoms in total. The van der Waals surface area contributed by atoms with Gasteiger partial charge in [-0.15, -0.1) is 0 Å². The Balaban J connectivity index is 1.54. The molecule has 0 radical (unpaired) electrons. The van der Waals surface area contributed by atoms with Gasteiger partial charge >= 0.3 is 10.2 Å². The van der Waals surface area contributed by atoms with E-state index >= 15 is 0 Å². The van der Waals surface area contributed by atoms with Crippen molar-refractivity contribution in [1.82, 2.24) is 9.62 Å². The Kier molecular flexibility index (Phi) is 10.3. The van der Waals surface area contributed by atoms with Gasteiger partial charge in [-0.1, -0.05) is 44.9 Å². The lowest BCUT2D eigenvalue weighted by atomic mass is 10.1. The topological polar surface area (TPSA) is 70.7 Å². The lowest BCUT2D eigenvalue weighted by Gasteiger charge is -2.31. The Morgan fingerprint density at radius 1 is 1.07 bits per heavy atom. The number of para-hydroxylation sites is 1. The van der Waals surface area contributed by atoms with E-state index in [1.165, 1.54) is 23.6 Å². The van der Waals surface area contributed by atoms with Gasteiger partial charge in [0, 0.05) is 25.4 Å². The fraction of sp³-hybridized carbons (Fsp3) is 0.714. The first-order chi connectivity index (χ1) is 13.5. The van der Waals surface area contributed by atoms with Crippen molar-refractivity contribution in [2.75, 3.05) is 37.5 Å². The molecule has 2 rings (SSSR count). The number of ether oxygens (including phenoxy) is 1. The highest BCUT2D eigenvalue weighted by atomic mass is 32.2. The first kappa shape index (κ1) is 23.1. The van der Waals surface area contributed by atoms with E-state index in [1.807, 2.05) is 18.2 Å². The summed E-state index contributed by atoms with van der Waals surface area (Å²) in [7, 11) is -3.48. The maximum absolute atomic E-state index is 12.5. The summed E-state index contributed by atoms with van der Waals surface area (Å²) in [5.41, 5.74) is 0.597. The number of benzene rings is 1. The number of hydrogen-bond donors (Lipinski definition) is 2. The molecule has 0 bridgehead atoms. The van der Waals surface area contributed by atoms with Crippen LogP contribution in [0.25, 0.3) is 0 Å². The van der Waals surface area contributed by atoms with Crippen molar-refractivity contribution >= 4 is 15.9 Å². The molecule has 1 aromatic rings. The van der Waals surface area contributed by atoms with Crippen LogP contribution >= 0.6 is 0 Å². The van der Waals surface area contributed by atoms with Crippen molar-refractivity contribution < 1.29 is 13.2 Å². The van der Waals surface area contributed by atoms with E-state index in [-0.39, 0.29) is 6.10 Å². The first-order valence-electron chi connectivity index (χ1n) is 10.6. The maximum atomic E-state index is 12.5. The molecule has 160 valence electrons. The Bertz CT molecular complexity index is 630. The Hall–Kier alpha value is -1.15. The van der Waals surface area contributed by atoms with Gasteiger partial charge < -0.3 is 10.1 Å². The molecule has 0 amide bonds. The van der Waals surface area contributed by atoms with Crippen LogP contribution in [0, 0.1) is 5.92 Å². The van der Waals surface area contributed by atoms with Gasteiger partial charge in [0.1, 0.15) is 0 Å². The molecule has 1 fully saturated rings. The zero-order valence-corrected chi connectivity index (χ0v) is 18.2. The molecular formula is C21H37N3O3S. The van der Waals surface area contributed by atoms with Crippen LogP contribution in [0.5, 0.6) is 0 Å². The van der Waals surface area contributed by atoms with Crippen LogP contribution in [0.3, 0.4) is 0 Å². The number of rotatable bonds is 13. The van der Waals surface area contributed by atoms with E-state index in [4.69, 9.17) is 4.74 Å². The average Bonchev–Trinajstić information content (AvgIpc) is 2.67. The van der Waals surface area contributed by atoms with Gasteiger partial charge in [-0.05, 0) is 56.8 Å². The number of unbranched alkanes of at least 4 members (excludes halogenated alkanes) is 3. The minimum atomic E-state index is -3.48. The van der Waals surface area contributed by atoms with Crippen molar-refractivity contribution in [3.8, 4) is 0 Å². The molecule has 0 aliphatic carbocycles. The van der Waals surface area contributed by atoms with E-state index in [0.29, 0.717) is 24.7 Å². The molecule has 1 saturated heterocycles. The molecule has 0 unspecified atom stereocenters. The van der Waals surface area contributed by atoms with Gasteiger partial charge in [-0.2, -0.15) is 12.7 Å². The highest BCUT2D eigenvalue weighted by molar-refractivity contribution is 7.90. The molecule has 0 spiro atoms. The molecule has 1 heterocycles. The van der Waals surface area contributed by atoms with Crippen LogP contribution in [0.2, 0.25) is 0 Å². The molecule has 2 N–H and O–H groups in total. The van der Waals surface area contributed by atoms with Crippen LogP contribution in [0.15, 0.2) is 30.3 Å². The number of nitrogens with zero attached hydrogens (tertiary/aromatic N) is 1. The monoisotopic (exact) mass is 411 g/mol. The molecule has 1 aliphatic rings. The Morgan fingerprint density at radius 3 is 2.43 bits per heavy atom. The summed E-state index contributed by atoms with van der Waals surface area (Å²) in [6.07, 6.45) is 6.42. The predicted molar refractivity (Wildman–Crippen MR) is 116 cm³/mol. The number of hydrogen-bond acceptors (Lipinski definition) is 4. The van der Waals surface area contributed by atoms with Crippen LogP contribution < -0.4 is 10.0 Å². The minimum absolute atomic E-state index is 0.177. The fourth-order valence-electron chi connectivity index (χ4n) is 3.31. The smallest absolute Gasteiger partial charge is 0.301 e. The van der Waals surface area contributed by atoms with Crippen LogP contribution in [-0.2, 0) is 14.9 Å². The second-order valence-corrected chi connectivity index (χ2v) is 9.63. The number of nitrogens with one attached hydrogen (secondary N) is 2. The summed E-state index contributed by atoms with van der Waals surface area (Å²) < 4.78 is 35.1. The van der Waals surface area contributed by atoms with Gasteiger partial charge in [0.15, 0.2) is 0 Å². The second-order valence-electron chi connectivity index (χ2n) is 7.95. The zero-order valence-electron chi connectivity index (χ0n) is 17.4. The Morgan fingerprint density at radius 2 is 1.75 bits per heavy atom. The van der Waals surface area contributed by atoms with Crippen molar-refractivity contribution in [2.24, 2.45) is 5.92 Å². The van der Waals surface area contributed by atoms with Crippen LogP contribution in [0.4, 0.5) is 5.69 Å². The Labute approximate surface area is 171 Å². The van der Waals surface area contributed by atoms with Gasteiger partial charge in [-0.3, -0.25) is 4.72 Å². The third kappa shape index (κ3) is 8.90. The van der Waals surface area contributed by atoms with E-state index < -0.39 is 10.2 Å². The third-order valence-corrected chi connectivity index (χ3v) is 6.45. The minimum Gasteiger partial charge on any atom is -0.378 e. The van der Waals surface area contributed by atoms with Crippen LogP contribution in [0.1, 0.15) is 52.4 Å². The average molecular weight is 412 g/mol. The molecule has 0 aromatic heterocycles. The molecule has 0 atom stereocenters. The van der Waals surface area contributed by atoms with Crippen molar-refractivity contribution in [1.29, 1.82) is 0 Å². The summed E-state index contributed by atoms with van der Waals surface area (Å²) in [5, 5.41) is 3.47. The third-order valence-electron chi connectivity index (χ3n) is 4.92. The van der Waals surface area contributed by atoms with Gasteiger partial charge in [0.25, 0.3) is 0 Å². The van der Waals surface area contributed by atoms with E-state index in [9.17, 15) is 8.42 Å². The molecule has 7 heteroatoms. The van der Waals surface area contributed by atoms with Crippen molar-refractivity contribution in [3.63, 3.8) is 0 Å². The molecule has 28 heavy (non-hydrogen) atoms. The predicted octanol–water partition coefficient (Wildman–Crippen LogP) is 3.63. The summed E-state index contributed by atoms with van der Waals surface area (Å²) in [6, 6.07) is 9.02. The maximum Gasteiger partial charge on any atom is 0.301 e. The summed E-state index contributed by atoms with van der Waals surface area (Å²) in [5.74, 6) is 0.712. The summed E-state index contributed by atoms with van der Waals surface area (Å²) in [6.45, 7) is 8.44. The lowest BCUT2D eigenvalue weighted by Crippen LogP contribution is -2.43. The zero-order chi connectivity index (χ0) is 20.2. The summed E-state index contributed by atoms with van der Waals surface area (Å²) >= 11 is 0. The fourth-order valence-corrected chi connectivity index (χ4v) is 4.56. The van der Waals surface area contributed by atoms with E-state index in [1.54, 1.807) is 12.1 Å². The van der Waals surface area contributed by atoms with Crippen molar-refractivity contribution in [2.45, 2.75) is 58.5 Å². The highest BCUT2D eigenvalue weighted by Crippen LogP contribution is 2.19. The normalized spacial score (nSPS) is 16.5. The van der Waals surface area contributed by atoms with E-state index in [2.05, 4.69) is 23.9 Å². The molecule has 1 aliphatic heterocycles. The van der Waals surface area contributed by atoms with Gasteiger partial charge in [0.05, 0.1) is 6.10 Å². The molecular weight excluding hydrogens is 374 g/mol. The summed E-state index contributed by atoms with van der Waals surface area (Å²) in [4.78, 5) is 0. The van der Waals surface area contributed by atoms with Gasteiger partial charge in [-0.25, -0.2) is 0 Å². The highest BCUT2D eigenvalue weighted by Gasteiger charge is 2.28. The first-order valence-corrected chi connectivity index (χ1v) is 12.1. The van der Waals surface area contributed by atoms with E-state index in [0.717, 1.165) is 39.0 Å². The van der Waals surface area contributed by atoms with Gasteiger partial charge in [0.2, 0.25) is 0 Å². The number of anilines is 1. The lowest BCUT2D eigenvalue weighted by molar-refractivity contribution is 0.0193. The van der Waals surface area contributed by atoms with Crippen molar-refractivity contribution in [3.05, 3.63) is 30.3 Å². The quantitative estimate of drug-likeness (QED) is 0.486.